The molecule has 0 fully saturated rings. The second-order valence-corrected chi connectivity index (χ2v) is 7.06. The lowest BCUT2D eigenvalue weighted by molar-refractivity contribution is -0.118. The Hall–Kier alpha value is -1.44. The molecule has 0 aromatic heterocycles. The molecule has 1 heterocycles. The van der Waals surface area contributed by atoms with Crippen LogP contribution in [0.2, 0.25) is 0 Å². The minimum Gasteiger partial charge on any atom is -0.320 e. The van der Waals surface area contributed by atoms with Gasteiger partial charge < -0.3 is 10.2 Å². The van der Waals surface area contributed by atoms with Crippen molar-refractivity contribution in [1.29, 1.82) is 0 Å². The second kappa shape index (κ2) is 7.21. The molecule has 0 saturated heterocycles. The molecule has 0 saturated carbocycles. The zero-order valence-corrected chi connectivity index (χ0v) is 13.9. The molecule has 0 spiro atoms. The van der Waals surface area contributed by atoms with E-state index in [1.807, 2.05) is 7.05 Å². The Morgan fingerprint density at radius 2 is 2.14 bits per heavy atom. The summed E-state index contributed by atoms with van der Waals surface area (Å²) in [4.78, 5) is 14.2. The number of carbonyl (C=O) groups is 1. The summed E-state index contributed by atoms with van der Waals surface area (Å²) in [6.07, 6.45) is 2.01. The monoisotopic (exact) mass is 325 g/mol. The average molecular weight is 325 g/mol. The van der Waals surface area contributed by atoms with Crippen molar-refractivity contribution >= 4 is 21.6 Å². The first-order chi connectivity index (χ1) is 10.5. The van der Waals surface area contributed by atoms with Gasteiger partial charge in [0.2, 0.25) is 15.9 Å². The molecule has 0 aliphatic carbocycles. The van der Waals surface area contributed by atoms with Crippen LogP contribution >= 0.6 is 0 Å². The van der Waals surface area contributed by atoms with Gasteiger partial charge in [0, 0.05) is 25.2 Å². The molecule has 1 aromatic rings. The van der Waals surface area contributed by atoms with Gasteiger partial charge in [-0.3, -0.25) is 4.79 Å². The van der Waals surface area contributed by atoms with E-state index in [1.165, 1.54) is 0 Å². The summed E-state index contributed by atoms with van der Waals surface area (Å²) in [7, 11) is -1.65. The van der Waals surface area contributed by atoms with Crippen molar-refractivity contribution in [2.24, 2.45) is 0 Å². The van der Waals surface area contributed by atoms with Crippen molar-refractivity contribution in [2.75, 3.05) is 31.6 Å². The Morgan fingerprint density at radius 1 is 1.36 bits per heavy atom. The van der Waals surface area contributed by atoms with Crippen molar-refractivity contribution in [1.82, 2.24) is 10.0 Å². The molecular formula is C15H23N3O3S. The summed E-state index contributed by atoms with van der Waals surface area (Å²) >= 11 is 0. The predicted octanol–water partition coefficient (Wildman–Crippen LogP) is 0.873. The lowest BCUT2D eigenvalue weighted by Gasteiger charge is -2.18. The Morgan fingerprint density at radius 3 is 2.82 bits per heavy atom. The zero-order valence-electron chi connectivity index (χ0n) is 13.1. The van der Waals surface area contributed by atoms with E-state index in [-0.39, 0.29) is 10.8 Å². The Kier molecular flexibility index (Phi) is 5.55. The molecule has 2 rings (SSSR count). The van der Waals surface area contributed by atoms with Crippen LogP contribution < -0.4 is 14.9 Å². The van der Waals surface area contributed by atoms with Gasteiger partial charge in [0.1, 0.15) is 0 Å². The highest BCUT2D eigenvalue weighted by Gasteiger charge is 2.26. The molecule has 1 aliphatic rings. The van der Waals surface area contributed by atoms with E-state index in [2.05, 4.69) is 10.0 Å². The molecule has 0 atom stereocenters. The van der Waals surface area contributed by atoms with E-state index in [0.29, 0.717) is 19.5 Å². The maximum absolute atomic E-state index is 12.3. The first kappa shape index (κ1) is 16.9. The Bertz CT molecular complexity index is 643. The number of sulfonamides is 1. The third kappa shape index (κ3) is 3.66. The number of nitrogens with zero attached hydrogens (tertiary/aromatic N) is 1. The van der Waals surface area contributed by atoms with Crippen molar-refractivity contribution in [3.8, 4) is 0 Å². The third-order valence-electron chi connectivity index (χ3n) is 3.72. The molecule has 0 bridgehead atoms. The third-order valence-corrected chi connectivity index (χ3v) is 5.26. The minimum atomic E-state index is -3.50. The fourth-order valence-electron chi connectivity index (χ4n) is 2.61. The first-order valence-corrected chi connectivity index (χ1v) is 9.05. The van der Waals surface area contributed by atoms with Crippen LogP contribution in [0.25, 0.3) is 0 Å². The van der Waals surface area contributed by atoms with E-state index in [1.54, 1.807) is 30.0 Å². The molecule has 7 heteroatoms. The topological polar surface area (TPSA) is 78.5 Å². The maximum Gasteiger partial charge on any atom is 0.240 e. The van der Waals surface area contributed by atoms with E-state index in [0.717, 1.165) is 30.6 Å². The fourth-order valence-corrected chi connectivity index (χ4v) is 3.67. The highest BCUT2D eigenvalue weighted by atomic mass is 32.2. The Labute approximate surface area is 131 Å². The summed E-state index contributed by atoms with van der Waals surface area (Å²) in [5, 5.41) is 3.02. The fraction of sp³-hybridized carbons (Fsp3) is 0.533. The number of amides is 1. The number of hydrogen-bond acceptors (Lipinski definition) is 4. The first-order valence-electron chi connectivity index (χ1n) is 7.57. The molecule has 1 aromatic carbocycles. The minimum absolute atomic E-state index is 0.0481. The van der Waals surface area contributed by atoms with Gasteiger partial charge in [0.15, 0.2) is 0 Å². The molecule has 2 N–H and O–H groups in total. The number of hydrogen-bond donors (Lipinski definition) is 2. The van der Waals surface area contributed by atoms with E-state index in [9.17, 15) is 13.2 Å². The van der Waals surface area contributed by atoms with Crippen molar-refractivity contribution in [3.63, 3.8) is 0 Å². The average Bonchev–Trinajstić information content (AvgIpc) is 2.90. The van der Waals surface area contributed by atoms with Crippen LogP contribution in [0.3, 0.4) is 0 Å². The molecule has 1 amide bonds. The van der Waals surface area contributed by atoms with Gasteiger partial charge in [-0.05, 0) is 44.1 Å². The summed E-state index contributed by atoms with van der Waals surface area (Å²) in [5.74, 6) is 0.0481. The number of benzene rings is 1. The van der Waals surface area contributed by atoms with Gasteiger partial charge in [-0.1, -0.05) is 13.0 Å². The van der Waals surface area contributed by atoms with Crippen molar-refractivity contribution in [2.45, 2.75) is 31.1 Å². The predicted molar refractivity (Wildman–Crippen MR) is 86.5 cm³/mol. The smallest absolute Gasteiger partial charge is 0.240 e. The lowest BCUT2D eigenvalue weighted by atomic mass is 10.2. The number of fused-ring (bicyclic) bond motifs is 1. The number of anilines is 1. The van der Waals surface area contributed by atoms with Gasteiger partial charge >= 0.3 is 0 Å². The molecule has 122 valence electrons. The second-order valence-electron chi connectivity index (χ2n) is 5.29. The van der Waals surface area contributed by atoms with Crippen LogP contribution in [0.1, 0.15) is 25.3 Å². The van der Waals surface area contributed by atoms with E-state index < -0.39 is 10.0 Å². The van der Waals surface area contributed by atoms with Gasteiger partial charge in [-0.25, -0.2) is 13.1 Å². The van der Waals surface area contributed by atoms with Gasteiger partial charge in [-0.2, -0.15) is 0 Å². The zero-order chi connectivity index (χ0) is 16.2. The van der Waals surface area contributed by atoms with Gasteiger partial charge in [0.25, 0.3) is 0 Å². The molecule has 0 unspecified atom stereocenters. The highest BCUT2D eigenvalue weighted by Crippen LogP contribution is 2.31. The molecular weight excluding hydrogens is 302 g/mol. The highest BCUT2D eigenvalue weighted by molar-refractivity contribution is 7.89. The van der Waals surface area contributed by atoms with Gasteiger partial charge in [0.05, 0.1) is 4.90 Å². The molecule has 1 aliphatic heterocycles. The van der Waals surface area contributed by atoms with Crippen LogP contribution in [0.5, 0.6) is 0 Å². The molecule has 6 nitrogen and oxygen atoms in total. The quantitative estimate of drug-likeness (QED) is 0.729. The maximum atomic E-state index is 12.3. The lowest BCUT2D eigenvalue weighted by Crippen LogP contribution is -2.29. The normalized spacial score (nSPS) is 14.2. The molecule has 0 radical (unpaired) electrons. The summed E-state index contributed by atoms with van der Waals surface area (Å²) in [6.45, 7) is 3.49. The Balaban J connectivity index is 2.21. The van der Waals surface area contributed by atoms with E-state index in [4.69, 9.17) is 0 Å². The van der Waals surface area contributed by atoms with Crippen LogP contribution in [0.15, 0.2) is 23.1 Å². The number of nitrogens with one attached hydrogen (secondary N) is 2. The standard InChI is InChI=1S/C15H23N3O3S/c1-3-17-22(20,21)13-7-6-12-8-10-18(14(12)11-13)15(19)5-4-9-16-2/h6-7,11,16-17H,3-5,8-10H2,1-2H3. The summed E-state index contributed by atoms with van der Waals surface area (Å²) in [6, 6.07) is 5.02. The molecule has 22 heavy (non-hydrogen) atoms. The number of rotatable bonds is 7. The van der Waals surface area contributed by atoms with Crippen LogP contribution in [-0.4, -0.2) is 41.0 Å². The number of carbonyl (C=O) groups excluding carboxylic acids is 1. The van der Waals surface area contributed by atoms with Crippen LogP contribution in [-0.2, 0) is 21.2 Å². The SMILES string of the molecule is CCNS(=O)(=O)c1ccc2c(c1)N(C(=O)CCCNC)CC2. The summed E-state index contributed by atoms with van der Waals surface area (Å²) < 4.78 is 26.7. The van der Waals surface area contributed by atoms with Crippen molar-refractivity contribution in [3.05, 3.63) is 23.8 Å². The van der Waals surface area contributed by atoms with Crippen LogP contribution in [0, 0.1) is 0 Å². The largest absolute Gasteiger partial charge is 0.320 e. The van der Waals surface area contributed by atoms with Gasteiger partial charge in [-0.15, -0.1) is 0 Å². The van der Waals surface area contributed by atoms with E-state index >= 15 is 0 Å². The summed E-state index contributed by atoms with van der Waals surface area (Å²) in [5.41, 5.74) is 1.76. The van der Waals surface area contributed by atoms with Crippen molar-refractivity contribution < 1.29 is 13.2 Å². The van der Waals surface area contributed by atoms with Crippen LogP contribution in [0.4, 0.5) is 5.69 Å².